The molecule has 0 atom stereocenters. The van der Waals surface area contributed by atoms with Crippen LogP contribution in [0.2, 0.25) is 0 Å². The topological polar surface area (TPSA) is 118 Å². The summed E-state index contributed by atoms with van der Waals surface area (Å²) in [6.45, 7) is 0.569. The number of halogens is 3. The number of thiazole rings is 2. The Hall–Kier alpha value is -2.73. The fourth-order valence-corrected chi connectivity index (χ4v) is 3.16. The molecular weight excluding hydrogens is 405 g/mol. The second kappa shape index (κ2) is 8.77. The molecule has 3 aromatic rings. The number of fused-ring (bicyclic) bond motifs is 1. The maximum absolute atomic E-state index is 12.0. The number of hydrogen-bond acceptors (Lipinski definition) is 7. The summed E-state index contributed by atoms with van der Waals surface area (Å²) in [5, 5.41) is 12.5. The molecule has 0 aliphatic rings. The quantitative estimate of drug-likeness (QED) is 0.600. The molecule has 144 valence electrons. The maximum atomic E-state index is 12.0. The van der Waals surface area contributed by atoms with Crippen molar-refractivity contribution < 1.29 is 27.9 Å². The summed E-state index contributed by atoms with van der Waals surface area (Å²) in [6, 6.07) is 5.43. The monoisotopic (exact) mass is 418 g/mol. The van der Waals surface area contributed by atoms with Gasteiger partial charge in [-0.15, -0.1) is 11.3 Å². The first-order valence-corrected chi connectivity index (χ1v) is 9.04. The minimum absolute atomic E-state index is 0.103. The highest BCUT2D eigenvalue weighted by molar-refractivity contribution is 7.22. The molecule has 1 amide bonds. The summed E-state index contributed by atoms with van der Waals surface area (Å²) < 4.78 is 32.7. The molecule has 0 saturated carbocycles. The standard InChI is InChI=1S/C13H12N4OS2.C2HF3O2/c14-13-17-10-5-8(1-2-11(10)20-13)12(18)15-4-3-9-6-19-7-16-9;3-2(4,5)1(6)7/h1-2,5-7H,3-4H2,(H2,14,17)(H,15,18);(H,6,7). The van der Waals surface area contributed by atoms with Crippen molar-refractivity contribution in [3.63, 3.8) is 0 Å². The number of anilines is 1. The number of carboxylic acids is 1. The zero-order valence-electron chi connectivity index (χ0n) is 13.5. The molecule has 12 heteroatoms. The Kier molecular flexibility index (Phi) is 6.69. The Morgan fingerprint density at radius 1 is 1.30 bits per heavy atom. The van der Waals surface area contributed by atoms with Gasteiger partial charge in [-0.05, 0) is 18.2 Å². The van der Waals surface area contributed by atoms with Crippen molar-refractivity contribution in [1.29, 1.82) is 0 Å². The minimum atomic E-state index is -5.08. The molecule has 0 fully saturated rings. The molecule has 0 bridgehead atoms. The molecule has 3 rings (SSSR count). The van der Waals surface area contributed by atoms with Gasteiger partial charge in [-0.25, -0.2) is 14.8 Å². The third kappa shape index (κ3) is 6.18. The molecule has 4 N–H and O–H groups in total. The van der Waals surface area contributed by atoms with E-state index in [2.05, 4.69) is 15.3 Å². The van der Waals surface area contributed by atoms with Crippen molar-refractivity contribution in [3.05, 3.63) is 40.3 Å². The van der Waals surface area contributed by atoms with Crippen LogP contribution in [-0.4, -0.2) is 39.7 Å². The van der Waals surface area contributed by atoms with Gasteiger partial charge in [-0.1, -0.05) is 11.3 Å². The van der Waals surface area contributed by atoms with Crippen molar-refractivity contribution in [3.8, 4) is 0 Å². The maximum Gasteiger partial charge on any atom is 0.490 e. The molecule has 0 saturated heterocycles. The summed E-state index contributed by atoms with van der Waals surface area (Å²) in [6.07, 6.45) is -4.35. The van der Waals surface area contributed by atoms with Crippen LogP contribution in [0.4, 0.5) is 18.3 Å². The van der Waals surface area contributed by atoms with Gasteiger partial charge in [0.15, 0.2) is 5.13 Å². The highest BCUT2D eigenvalue weighted by Crippen LogP contribution is 2.24. The first-order valence-electron chi connectivity index (χ1n) is 7.28. The number of hydrogen-bond donors (Lipinski definition) is 3. The van der Waals surface area contributed by atoms with Crippen LogP contribution in [0, 0.1) is 0 Å². The summed E-state index contributed by atoms with van der Waals surface area (Å²) >= 11 is 2.97. The Morgan fingerprint density at radius 2 is 2.00 bits per heavy atom. The van der Waals surface area contributed by atoms with E-state index in [-0.39, 0.29) is 5.91 Å². The van der Waals surface area contributed by atoms with E-state index in [9.17, 15) is 18.0 Å². The molecule has 7 nitrogen and oxygen atoms in total. The SMILES string of the molecule is Nc1nc2cc(C(=O)NCCc3cscn3)ccc2s1.O=C(O)C(F)(F)F. The number of rotatable bonds is 4. The molecule has 0 radical (unpaired) electrons. The normalized spacial score (nSPS) is 10.9. The lowest BCUT2D eigenvalue weighted by Gasteiger charge is -2.04. The molecule has 0 spiro atoms. The first-order chi connectivity index (χ1) is 12.7. The van der Waals surface area contributed by atoms with Gasteiger partial charge in [0, 0.05) is 23.9 Å². The number of amides is 1. The average molecular weight is 418 g/mol. The number of nitrogens with one attached hydrogen (secondary N) is 1. The van der Waals surface area contributed by atoms with Crippen LogP contribution in [0.1, 0.15) is 16.1 Å². The van der Waals surface area contributed by atoms with E-state index >= 15 is 0 Å². The second-order valence-corrected chi connectivity index (χ2v) is 6.80. The number of nitrogen functional groups attached to an aromatic ring is 1. The second-order valence-electron chi connectivity index (χ2n) is 5.02. The van der Waals surface area contributed by atoms with Crippen LogP contribution in [0.5, 0.6) is 0 Å². The van der Waals surface area contributed by atoms with Crippen LogP contribution in [0.15, 0.2) is 29.1 Å². The van der Waals surface area contributed by atoms with Gasteiger partial charge in [0.05, 0.1) is 21.4 Å². The van der Waals surface area contributed by atoms with Crippen molar-refractivity contribution in [2.24, 2.45) is 0 Å². The highest BCUT2D eigenvalue weighted by atomic mass is 32.1. The van der Waals surface area contributed by atoms with Crippen LogP contribution in [0.25, 0.3) is 10.2 Å². The van der Waals surface area contributed by atoms with E-state index in [0.717, 1.165) is 22.3 Å². The predicted molar refractivity (Wildman–Crippen MR) is 95.9 cm³/mol. The number of aliphatic carboxylic acids is 1. The predicted octanol–water partition coefficient (Wildman–Crippen LogP) is 2.94. The molecule has 0 unspecified atom stereocenters. The highest BCUT2D eigenvalue weighted by Gasteiger charge is 2.38. The van der Waals surface area contributed by atoms with Crippen LogP contribution in [-0.2, 0) is 11.2 Å². The van der Waals surface area contributed by atoms with Gasteiger partial charge in [-0.3, -0.25) is 4.79 Å². The fraction of sp³-hybridized carbons (Fsp3) is 0.200. The Labute approximate surface area is 158 Å². The van der Waals surface area contributed by atoms with Crippen LogP contribution >= 0.6 is 22.7 Å². The van der Waals surface area contributed by atoms with Gasteiger partial charge >= 0.3 is 12.1 Å². The average Bonchev–Trinajstić information content (AvgIpc) is 3.21. The van der Waals surface area contributed by atoms with Gasteiger partial charge in [-0.2, -0.15) is 13.2 Å². The fourth-order valence-electron chi connectivity index (χ4n) is 1.85. The van der Waals surface area contributed by atoms with Crippen molar-refractivity contribution in [1.82, 2.24) is 15.3 Å². The zero-order chi connectivity index (χ0) is 20.0. The molecule has 2 heterocycles. The minimum Gasteiger partial charge on any atom is -0.475 e. The molecular formula is C15H13F3N4O3S2. The zero-order valence-corrected chi connectivity index (χ0v) is 15.1. The molecule has 2 aromatic heterocycles. The van der Waals surface area contributed by atoms with E-state index in [4.69, 9.17) is 15.6 Å². The number of alkyl halides is 3. The number of aromatic nitrogens is 2. The number of nitrogens with two attached hydrogens (primary N) is 1. The first kappa shape index (κ1) is 20.6. The Balaban J connectivity index is 0.000000321. The number of carbonyl (C=O) groups is 2. The van der Waals surface area contributed by atoms with Crippen molar-refractivity contribution >= 4 is 49.9 Å². The largest absolute Gasteiger partial charge is 0.490 e. The van der Waals surface area contributed by atoms with E-state index in [0.29, 0.717) is 17.2 Å². The van der Waals surface area contributed by atoms with E-state index in [1.54, 1.807) is 29.0 Å². The third-order valence-corrected chi connectivity index (χ3v) is 4.56. The molecule has 27 heavy (non-hydrogen) atoms. The van der Waals surface area contributed by atoms with Gasteiger partial charge in [0.25, 0.3) is 5.91 Å². The van der Waals surface area contributed by atoms with Crippen molar-refractivity contribution in [2.75, 3.05) is 12.3 Å². The summed E-state index contributed by atoms with van der Waals surface area (Å²) in [5.74, 6) is -2.86. The Bertz CT molecular complexity index is 926. The number of benzene rings is 1. The summed E-state index contributed by atoms with van der Waals surface area (Å²) in [4.78, 5) is 29.3. The van der Waals surface area contributed by atoms with Gasteiger partial charge < -0.3 is 16.2 Å². The molecule has 0 aliphatic heterocycles. The number of carboxylic acid groups (broad SMARTS) is 1. The van der Waals surface area contributed by atoms with Crippen molar-refractivity contribution in [2.45, 2.75) is 12.6 Å². The number of carbonyl (C=O) groups excluding carboxylic acids is 1. The lowest BCUT2D eigenvalue weighted by Crippen LogP contribution is -2.25. The van der Waals surface area contributed by atoms with Crippen LogP contribution in [0.3, 0.4) is 0 Å². The smallest absolute Gasteiger partial charge is 0.475 e. The summed E-state index contributed by atoms with van der Waals surface area (Å²) in [5.41, 5.74) is 9.80. The van der Waals surface area contributed by atoms with E-state index in [1.165, 1.54) is 11.3 Å². The lowest BCUT2D eigenvalue weighted by molar-refractivity contribution is -0.192. The van der Waals surface area contributed by atoms with Crippen LogP contribution < -0.4 is 11.1 Å². The van der Waals surface area contributed by atoms with Gasteiger partial charge in [0.2, 0.25) is 0 Å². The van der Waals surface area contributed by atoms with E-state index in [1.807, 2.05) is 11.4 Å². The summed E-state index contributed by atoms with van der Waals surface area (Å²) in [7, 11) is 0. The molecule has 0 aliphatic carbocycles. The molecule has 1 aromatic carbocycles. The van der Waals surface area contributed by atoms with E-state index < -0.39 is 12.1 Å². The Morgan fingerprint density at radius 3 is 2.59 bits per heavy atom. The van der Waals surface area contributed by atoms with Gasteiger partial charge in [0.1, 0.15) is 0 Å². The third-order valence-electron chi connectivity index (χ3n) is 3.06. The number of nitrogens with zero attached hydrogens (tertiary/aromatic N) is 2. The lowest BCUT2D eigenvalue weighted by atomic mass is 10.2.